The molecule has 0 aliphatic carbocycles. The Hall–Kier alpha value is -5.15. The quantitative estimate of drug-likeness (QED) is 0.171. The van der Waals surface area contributed by atoms with Gasteiger partial charge in [0.1, 0.15) is 29.2 Å². The minimum Gasteiger partial charge on any atom is -0.493 e. The molecule has 252 valence electrons. The van der Waals surface area contributed by atoms with Gasteiger partial charge in [-0.25, -0.2) is 19.2 Å². The maximum absolute atomic E-state index is 15.3. The number of carbonyl (C=O) groups is 1. The second-order valence-corrected chi connectivity index (χ2v) is 13.8. The van der Waals surface area contributed by atoms with Crippen LogP contribution in [0.15, 0.2) is 77.5 Å². The van der Waals surface area contributed by atoms with Crippen LogP contribution in [0.5, 0.6) is 11.5 Å². The van der Waals surface area contributed by atoms with Gasteiger partial charge in [-0.05, 0) is 56.7 Å². The number of fused-ring (bicyclic) bond motifs is 1. The maximum atomic E-state index is 15.3. The van der Waals surface area contributed by atoms with E-state index >= 15 is 4.39 Å². The third-order valence-electron chi connectivity index (χ3n) is 8.74. The normalized spacial score (nSPS) is 16.3. The zero-order chi connectivity index (χ0) is 34.9. The van der Waals surface area contributed by atoms with Crippen molar-refractivity contribution in [3.05, 3.63) is 94.5 Å². The van der Waals surface area contributed by atoms with E-state index < -0.39 is 11.9 Å². The molecule has 1 saturated heterocycles. The lowest BCUT2D eigenvalue weighted by molar-refractivity contribution is 0.0665. The molecule has 2 N–H and O–H groups in total. The van der Waals surface area contributed by atoms with Crippen LogP contribution in [0.25, 0.3) is 28.0 Å². The lowest BCUT2D eigenvalue weighted by Gasteiger charge is -2.46. The number of ether oxygens (including phenoxy) is 3. The van der Waals surface area contributed by atoms with Crippen LogP contribution in [0.1, 0.15) is 44.7 Å². The molecule has 6 rings (SSSR count). The highest BCUT2D eigenvalue weighted by Crippen LogP contribution is 2.43. The first-order valence-corrected chi connectivity index (χ1v) is 16.6. The highest BCUT2D eigenvalue weighted by molar-refractivity contribution is 9.10. The largest absolute Gasteiger partial charge is 0.493 e. The van der Waals surface area contributed by atoms with Crippen molar-refractivity contribution in [3.63, 3.8) is 0 Å². The van der Waals surface area contributed by atoms with Gasteiger partial charge in [-0.1, -0.05) is 63.2 Å². The van der Waals surface area contributed by atoms with Gasteiger partial charge < -0.3 is 24.8 Å². The number of hydrogen-bond donors (Lipinski definition) is 1. The van der Waals surface area contributed by atoms with E-state index in [0.717, 1.165) is 5.56 Å². The molecule has 0 bridgehead atoms. The first-order valence-electron chi connectivity index (χ1n) is 15.8. The number of nitrogens with two attached hydrogens (primary N) is 1. The van der Waals surface area contributed by atoms with Gasteiger partial charge in [-0.2, -0.15) is 5.26 Å². The second kappa shape index (κ2) is 13.8. The number of methoxy groups -OCH3 is 1. The molecule has 0 spiro atoms. The summed E-state index contributed by atoms with van der Waals surface area (Å²) in [6.45, 7) is 7.19. The SMILES string of the molecule is COc1ccc(-c2c(-c3ccc(C#N)c(F)c3)nc(N3CCC(OC(N)=O)CC3C(C)(C)C)n3c(Br)cnc23)cc1OCc1ccccc1. The number of hydrogen-bond acceptors (Lipinski definition) is 8. The van der Waals surface area contributed by atoms with Crippen LogP contribution < -0.4 is 20.1 Å². The Kier molecular flexibility index (Phi) is 9.48. The van der Waals surface area contributed by atoms with E-state index in [2.05, 4.69) is 41.6 Å². The van der Waals surface area contributed by atoms with Crippen LogP contribution in [0.2, 0.25) is 0 Å². The summed E-state index contributed by atoms with van der Waals surface area (Å²) >= 11 is 3.71. The minimum absolute atomic E-state index is 0.0690. The number of carbonyl (C=O) groups excluding carboxylic acids is 1. The minimum atomic E-state index is -0.801. The predicted octanol–water partition coefficient (Wildman–Crippen LogP) is 7.90. The Balaban J connectivity index is 1.56. The number of aromatic nitrogens is 3. The molecule has 49 heavy (non-hydrogen) atoms. The highest BCUT2D eigenvalue weighted by atomic mass is 79.9. The number of halogens is 2. The molecule has 3 heterocycles. The van der Waals surface area contributed by atoms with Crippen molar-refractivity contribution in [1.29, 1.82) is 5.26 Å². The van der Waals surface area contributed by atoms with E-state index in [1.54, 1.807) is 19.4 Å². The van der Waals surface area contributed by atoms with Crippen LogP contribution in [0, 0.1) is 22.6 Å². The van der Waals surface area contributed by atoms with Gasteiger partial charge in [-0.15, -0.1) is 0 Å². The average Bonchev–Trinajstić information content (AvgIpc) is 3.47. The highest BCUT2D eigenvalue weighted by Gasteiger charge is 2.40. The number of piperidine rings is 1. The molecule has 1 aliphatic heterocycles. The van der Waals surface area contributed by atoms with Gasteiger partial charge in [0.2, 0.25) is 5.95 Å². The fourth-order valence-electron chi connectivity index (χ4n) is 6.38. The summed E-state index contributed by atoms with van der Waals surface area (Å²) < 4.78 is 35.2. The number of benzene rings is 3. The fourth-order valence-corrected chi connectivity index (χ4v) is 6.80. The molecule has 1 fully saturated rings. The Morgan fingerprint density at radius 3 is 2.53 bits per heavy atom. The first-order chi connectivity index (χ1) is 23.5. The van der Waals surface area contributed by atoms with E-state index in [9.17, 15) is 10.1 Å². The summed E-state index contributed by atoms with van der Waals surface area (Å²) in [5.74, 6) is 0.981. The van der Waals surface area contributed by atoms with E-state index in [0.29, 0.717) is 76.1 Å². The molecular formula is C37H36BrFN6O4. The third kappa shape index (κ3) is 6.89. The molecule has 12 heteroatoms. The third-order valence-corrected chi connectivity index (χ3v) is 9.30. The number of primary amides is 1. The molecule has 2 aromatic heterocycles. The van der Waals surface area contributed by atoms with Crippen molar-refractivity contribution >= 4 is 33.6 Å². The van der Waals surface area contributed by atoms with Crippen LogP contribution in [-0.4, -0.2) is 46.3 Å². The Morgan fingerprint density at radius 2 is 1.86 bits per heavy atom. The lowest BCUT2D eigenvalue weighted by Crippen LogP contribution is -2.52. The maximum Gasteiger partial charge on any atom is 0.404 e. The number of anilines is 1. The molecular weight excluding hydrogens is 691 g/mol. The zero-order valence-electron chi connectivity index (χ0n) is 27.6. The molecule has 0 radical (unpaired) electrons. The smallest absolute Gasteiger partial charge is 0.404 e. The number of nitriles is 1. The standard InChI is InChI=1S/C37H36BrFN6O4/c1-37(2,3)30-18-26(49-35(41)46)14-15-44(30)36-43-33(24-10-11-25(19-40)27(39)16-24)32(34-42-20-31(38)45(34)36)23-12-13-28(47-4)29(17-23)48-21-22-8-6-5-7-9-22/h5-13,16-17,20,26,30H,14-15,18,21H2,1-4H3,(H2,41,46). The summed E-state index contributed by atoms with van der Waals surface area (Å²) in [4.78, 5) is 24.0. The topological polar surface area (TPSA) is 128 Å². The predicted molar refractivity (Wildman–Crippen MR) is 188 cm³/mol. The molecule has 3 aromatic carbocycles. The van der Waals surface area contributed by atoms with Crippen LogP contribution in [0.4, 0.5) is 15.1 Å². The van der Waals surface area contributed by atoms with Crippen molar-refractivity contribution in [3.8, 4) is 40.0 Å². The van der Waals surface area contributed by atoms with Crippen LogP contribution in [-0.2, 0) is 11.3 Å². The molecule has 2 atom stereocenters. The Bertz CT molecular complexity index is 2060. The summed E-state index contributed by atoms with van der Waals surface area (Å²) in [6.07, 6.45) is 1.63. The number of amides is 1. The summed E-state index contributed by atoms with van der Waals surface area (Å²) in [7, 11) is 1.58. The molecule has 0 saturated carbocycles. The summed E-state index contributed by atoms with van der Waals surface area (Å²) in [5, 5.41) is 9.47. The Labute approximate surface area is 292 Å². The Morgan fingerprint density at radius 1 is 1.10 bits per heavy atom. The van der Waals surface area contributed by atoms with Crippen molar-refractivity contribution in [1.82, 2.24) is 14.4 Å². The lowest BCUT2D eigenvalue weighted by atomic mass is 9.80. The van der Waals surface area contributed by atoms with Gasteiger partial charge in [0, 0.05) is 31.0 Å². The van der Waals surface area contributed by atoms with Crippen LogP contribution in [0.3, 0.4) is 0 Å². The van der Waals surface area contributed by atoms with Gasteiger partial charge >= 0.3 is 6.09 Å². The van der Waals surface area contributed by atoms with Crippen molar-refractivity contribution in [2.45, 2.75) is 52.4 Å². The van der Waals surface area contributed by atoms with E-state index in [1.165, 1.54) is 12.1 Å². The summed E-state index contributed by atoms with van der Waals surface area (Å²) in [6, 6.07) is 21.6. The summed E-state index contributed by atoms with van der Waals surface area (Å²) in [5.41, 5.74) is 8.90. The number of rotatable bonds is 8. The number of nitrogens with zero attached hydrogens (tertiary/aromatic N) is 5. The van der Waals surface area contributed by atoms with Gasteiger partial charge in [0.05, 0.1) is 30.1 Å². The van der Waals surface area contributed by atoms with Crippen molar-refractivity contribution in [2.75, 3.05) is 18.6 Å². The first kappa shape index (κ1) is 33.7. The van der Waals surface area contributed by atoms with E-state index in [4.69, 9.17) is 29.9 Å². The molecule has 10 nitrogen and oxygen atoms in total. The van der Waals surface area contributed by atoms with Gasteiger partial charge in [0.15, 0.2) is 17.1 Å². The van der Waals surface area contributed by atoms with Gasteiger partial charge in [-0.3, -0.25) is 4.40 Å². The van der Waals surface area contributed by atoms with Crippen LogP contribution >= 0.6 is 15.9 Å². The van der Waals surface area contributed by atoms with E-state index in [1.807, 2.05) is 59.0 Å². The number of imidazole rings is 1. The molecule has 1 aliphatic rings. The van der Waals surface area contributed by atoms with Gasteiger partial charge in [0.25, 0.3) is 0 Å². The molecule has 1 amide bonds. The van der Waals surface area contributed by atoms with Crippen molar-refractivity contribution in [2.24, 2.45) is 11.1 Å². The average molecular weight is 728 g/mol. The van der Waals surface area contributed by atoms with E-state index in [-0.39, 0.29) is 23.1 Å². The van der Waals surface area contributed by atoms with Crippen molar-refractivity contribution < 1.29 is 23.4 Å². The zero-order valence-corrected chi connectivity index (χ0v) is 29.2. The monoisotopic (exact) mass is 726 g/mol. The fraction of sp³-hybridized carbons (Fsp3) is 0.297. The molecule has 2 unspecified atom stereocenters. The second-order valence-electron chi connectivity index (χ2n) is 13.0. The molecule has 5 aromatic rings.